The van der Waals surface area contributed by atoms with Crippen LogP contribution in [-0.4, -0.2) is 6.04 Å². The summed E-state index contributed by atoms with van der Waals surface area (Å²) in [5, 5.41) is 0. The molecule has 2 nitrogen and oxygen atoms in total. The molecule has 1 aromatic carbocycles. The fourth-order valence-corrected chi connectivity index (χ4v) is 1.84. The Morgan fingerprint density at radius 1 is 1.44 bits per heavy atom. The summed E-state index contributed by atoms with van der Waals surface area (Å²) in [6, 6.07) is 9.03. The Kier molecular flexibility index (Phi) is 5.83. The van der Waals surface area contributed by atoms with Crippen LogP contribution in [0.1, 0.15) is 30.4 Å². The number of rotatable bonds is 7. The third-order valence-corrected chi connectivity index (χ3v) is 2.82. The van der Waals surface area contributed by atoms with Crippen LogP contribution in [0.2, 0.25) is 0 Å². The molecule has 0 saturated heterocycles. The summed E-state index contributed by atoms with van der Waals surface area (Å²) in [5.41, 5.74) is 5.58. The van der Waals surface area contributed by atoms with Crippen LogP contribution in [0.4, 0.5) is 0 Å². The Labute approximate surface area is 98.5 Å². The zero-order chi connectivity index (χ0) is 11.8. The molecule has 0 aromatic heterocycles. The average molecular weight is 218 g/mol. The standard InChI is InChI=1S/C14H22N2/c1-3-4-8-14(16-15)10-9-13-7-5-6-12(2)11-13/h3,5-7,11,14,16H,1,4,8-10,15H2,2H3. The van der Waals surface area contributed by atoms with Gasteiger partial charge < -0.3 is 0 Å². The van der Waals surface area contributed by atoms with Gasteiger partial charge in [0.05, 0.1) is 0 Å². The monoisotopic (exact) mass is 218 g/mol. The minimum Gasteiger partial charge on any atom is -0.271 e. The molecule has 0 bridgehead atoms. The normalized spacial score (nSPS) is 12.4. The van der Waals surface area contributed by atoms with Crippen molar-refractivity contribution in [3.05, 3.63) is 48.0 Å². The fraction of sp³-hybridized carbons (Fsp3) is 0.429. The molecule has 2 heteroatoms. The molecule has 0 radical (unpaired) electrons. The first kappa shape index (κ1) is 12.9. The Hall–Kier alpha value is -1.12. The molecule has 0 saturated carbocycles. The smallest absolute Gasteiger partial charge is 0.0216 e. The lowest BCUT2D eigenvalue weighted by atomic mass is 10.0. The Bertz CT molecular complexity index is 320. The first-order valence-electron chi connectivity index (χ1n) is 5.89. The maximum Gasteiger partial charge on any atom is 0.0216 e. The highest BCUT2D eigenvalue weighted by Gasteiger charge is 2.05. The molecule has 0 aliphatic heterocycles. The van der Waals surface area contributed by atoms with Gasteiger partial charge in [0.2, 0.25) is 0 Å². The van der Waals surface area contributed by atoms with E-state index in [9.17, 15) is 0 Å². The van der Waals surface area contributed by atoms with Gasteiger partial charge in [-0.1, -0.05) is 35.9 Å². The Balaban J connectivity index is 2.39. The summed E-state index contributed by atoms with van der Waals surface area (Å²) < 4.78 is 0. The molecule has 1 aromatic rings. The van der Waals surface area contributed by atoms with Gasteiger partial charge in [0.15, 0.2) is 0 Å². The minimum absolute atomic E-state index is 0.388. The van der Waals surface area contributed by atoms with E-state index in [2.05, 4.69) is 43.2 Å². The molecule has 0 fully saturated rings. The molecule has 0 amide bonds. The lowest BCUT2D eigenvalue weighted by molar-refractivity contribution is 0.467. The van der Waals surface area contributed by atoms with Gasteiger partial charge in [-0.3, -0.25) is 11.3 Å². The van der Waals surface area contributed by atoms with Crippen LogP contribution < -0.4 is 11.3 Å². The highest BCUT2D eigenvalue weighted by atomic mass is 15.2. The third-order valence-electron chi connectivity index (χ3n) is 2.82. The maximum atomic E-state index is 5.52. The summed E-state index contributed by atoms with van der Waals surface area (Å²) in [7, 11) is 0. The van der Waals surface area contributed by atoms with E-state index >= 15 is 0 Å². The fourth-order valence-electron chi connectivity index (χ4n) is 1.84. The van der Waals surface area contributed by atoms with Gasteiger partial charge >= 0.3 is 0 Å². The molecule has 0 heterocycles. The Morgan fingerprint density at radius 2 is 2.25 bits per heavy atom. The van der Waals surface area contributed by atoms with Gasteiger partial charge in [-0.05, 0) is 38.2 Å². The summed E-state index contributed by atoms with van der Waals surface area (Å²) in [5.74, 6) is 5.52. The van der Waals surface area contributed by atoms with Crippen LogP contribution in [0.3, 0.4) is 0 Å². The van der Waals surface area contributed by atoms with Crippen molar-refractivity contribution in [2.75, 3.05) is 0 Å². The second-order valence-electron chi connectivity index (χ2n) is 4.26. The summed E-state index contributed by atoms with van der Waals surface area (Å²) in [6.45, 7) is 5.85. The van der Waals surface area contributed by atoms with E-state index in [1.165, 1.54) is 11.1 Å². The van der Waals surface area contributed by atoms with Crippen molar-refractivity contribution in [2.45, 2.75) is 38.6 Å². The van der Waals surface area contributed by atoms with Crippen molar-refractivity contribution >= 4 is 0 Å². The highest BCUT2D eigenvalue weighted by Crippen LogP contribution is 2.10. The number of hydrazine groups is 1. The van der Waals surface area contributed by atoms with E-state index in [0.29, 0.717) is 6.04 Å². The van der Waals surface area contributed by atoms with E-state index in [4.69, 9.17) is 5.84 Å². The number of aryl methyl sites for hydroxylation is 2. The number of nitrogens with two attached hydrogens (primary N) is 1. The molecular formula is C14H22N2. The van der Waals surface area contributed by atoms with Gasteiger partial charge in [-0.2, -0.15) is 0 Å². The highest BCUT2D eigenvalue weighted by molar-refractivity contribution is 5.22. The van der Waals surface area contributed by atoms with Crippen LogP contribution in [0.5, 0.6) is 0 Å². The maximum absolute atomic E-state index is 5.52. The SMILES string of the molecule is C=CCCC(CCc1cccc(C)c1)NN. The van der Waals surface area contributed by atoms with Gasteiger partial charge in [0, 0.05) is 6.04 Å². The number of benzene rings is 1. The first-order valence-corrected chi connectivity index (χ1v) is 5.89. The van der Waals surface area contributed by atoms with E-state index in [-0.39, 0.29) is 0 Å². The first-order chi connectivity index (χ1) is 7.76. The largest absolute Gasteiger partial charge is 0.271 e. The number of hydrogen-bond donors (Lipinski definition) is 2. The minimum atomic E-state index is 0.388. The van der Waals surface area contributed by atoms with Crippen molar-refractivity contribution in [1.82, 2.24) is 5.43 Å². The van der Waals surface area contributed by atoms with Gasteiger partial charge in [-0.25, -0.2) is 0 Å². The van der Waals surface area contributed by atoms with Crippen LogP contribution in [0.15, 0.2) is 36.9 Å². The van der Waals surface area contributed by atoms with Gasteiger partial charge in [0.25, 0.3) is 0 Å². The molecule has 0 spiro atoms. The lowest BCUT2D eigenvalue weighted by Crippen LogP contribution is -2.35. The molecule has 16 heavy (non-hydrogen) atoms. The van der Waals surface area contributed by atoms with E-state index in [1.807, 2.05) is 6.08 Å². The topological polar surface area (TPSA) is 38.0 Å². The lowest BCUT2D eigenvalue weighted by Gasteiger charge is -2.14. The molecule has 1 atom stereocenters. The number of hydrogen-bond acceptors (Lipinski definition) is 2. The molecule has 0 aliphatic rings. The van der Waals surface area contributed by atoms with Crippen molar-refractivity contribution in [3.63, 3.8) is 0 Å². The summed E-state index contributed by atoms with van der Waals surface area (Å²) >= 11 is 0. The molecule has 1 rings (SSSR count). The average Bonchev–Trinajstić information content (AvgIpc) is 2.29. The Morgan fingerprint density at radius 3 is 2.88 bits per heavy atom. The van der Waals surface area contributed by atoms with E-state index < -0.39 is 0 Å². The zero-order valence-electron chi connectivity index (χ0n) is 10.1. The van der Waals surface area contributed by atoms with Crippen LogP contribution >= 0.6 is 0 Å². The van der Waals surface area contributed by atoms with Crippen LogP contribution in [0.25, 0.3) is 0 Å². The summed E-state index contributed by atoms with van der Waals surface area (Å²) in [4.78, 5) is 0. The molecule has 1 unspecified atom stereocenters. The second kappa shape index (κ2) is 7.20. The van der Waals surface area contributed by atoms with Crippen LogP contribution in [0, 0.1) is 6.92 Å². The molecule has 0 aliphatic carbocycles. The van der Waals surface area contributed by atoms with E-state index in [1.54, 1.807) is 0 Å². The van der Waals surface area contributed by atoms with Crippen molar-refractivity contribution in [2.24, 2.45) is 5.84 Å². The van der Waals surface area contributed by atoms with Crippen LogP contribution in [-0.2, 0) is 6.42 Å². The number of nitrogens with one attached hydrogen (secondary N) is 1. The quantitative estimate of drug-likeness (QED) is 0.419. The van der Waals surface area contributed by atoms with Gasteiger partial charge in [0.1, 0.15) is 0 Å². The van der Waals surface area contributed by atoms with Crippen molar-refractivity contribution in [3.8, 4) is 0 Å². The van der Waals surface area contributed by atoms with Gasteiger partial charge in [-0.15, -0.1) is 6.58 Å². The third kappa shape index (κ3) is 4.60. The predicted octanol–water partition coefficient (Wildman–Crippen LogP) is 2.73. The molecule has 3 N–H and O–H groups in total. The zero-order valence-corrected chi connectivity index (χ0v) is 10.1. The second-order valence-corrected chi connectivity index (χ2v) is 4.26. The predicted molar refractivity (Wildman–Crippen MR) is 70.0 cm³/mol. The molecule has 88 valence electrons. The summed E-state index contributed by atoms with van der Waals surface area (Å²) in [6.07, 6.45) is 6.17. The number of allylic oxidation sites excluding steroid dienone is 1. The van der Waals surface area contributed by atoms with E-state index in [0.717, 1.165) is 25.7 Å². The van der Waals surface area contributed by atoms with Crippen molar-refractivity contribution in [1.29, 1.82) is 0 Å². The van der Waals surface area contributed by atoms with Crippen molar-refractivity contribution < 1.29 is 0 Å². The molecular weight excluding hydrogens is 196 g/mol.